The number of nitrogens with zero attached hydrogens (tertiary/aromatic N) is 2. The molecule has 1 aromatic heterocycles. The fraction of sp³-hybridized carbons (Fsp3) is 0.643. The van der Waals surface area contributed by atoms with Crippen molar-refractivity contribution in [1.82, 2.24) is 9.97 Å². The van der Waals surface area contributed by atoms with Gasteiger partial charge in [0.2, 0.25) is 0 Å². The number of ether oxygens (including phenoxy) is 1. The molecule has 1 aromatic rings. The first-order chi connectivity index (χ1) is 9.26. The second kappa shape index (κ2) is 5.60. The first-order valence-electron chi connectivity index (χ1n) is 6.75. The quantitative estimate of drug-likeness (QED) is 0.523. The number of nitrogens with two attached hydrogens (primary N) is 1. The smallest absolute Gasteiger partial charge is 0.316 e. The number of hydrogen-bond acceptors (Lipinski definition) is 6. The minimum absolute atomic E-state index is 0.235. The molecule has 20 heavy (non-hydrogen) atoms. The average Bonchev–Trinajstić information content (AvgIpc) is 3.12. The van der Waals surface area contributed by atoms with Crippen molar-refractivity contribution in [2.45, 2.75) is 57.1 Å². The molecule has 1 aliphatic rings. The van der Waals surface area contributed by atoms with Crippen molar-refractivity contribution in [3.8, 4) is 0 Å². The van der Waals surface area contributed by atoms with Crippen LogP contribution in [0.5, 0.6) is 0 Å². The molecular formula is C14H21N3O2S. The Kier molecular flexibility index (Phi) is 4.22. The molecule has 0 spiro atoms. The Labute approximate surface area is 123 Å². The average molecular weight is 295 g/mol. The van der Waals surface area contributed by atoms with Crippen LogP contribution in [0.2, 0.25) is 0 Å². The van der Waals surface area contributed by atoms with Gasteiger partial charge < -0.3 is 10.5 Å². The molecule has 2 N–H and O–H groups in total. The largest absolute Gasteiger partial charge is 0.459 e. The highest BCUT2D eigenvalue weighted by atomic mass is 32.2. The zero-order valence-corrected chi connectivity index (χ0v) is 13.2. The molecule has 1 saturated carbocycles. The maximum atomic E-state index is 11.7. The van der Waals surface area contributed by atoms with E-state index in [-0.39, 0.29) is 11.7 Å². The predicted octanol–water partition coefficient (Wildman–Crippen LogP) is 2.68. The molecule has 0 atom stereocenters. The number of anilines is 1. The summed E-state index contributed by atoms with van der Waals surface area (Å²) in [6.45, 7) is 7.45. The van der Waals surface area contributed by atoms with Gasteiger partial charge in [-0.2, -0.15) is 0 Å². The summed E-state index contributed by atoms with van der Waals surface area (Å²) in [6.07, 6.45) is 2.25. The molecular weight excluding hydrogens is 274 g/mol. The van der Waals surface area contributed by atoms with Crippen LogP contribution in [0.15, 0.2) is 5.03 Å². The van der Waals surface area contributed by atoms with Gasteiger partial charge in [0.05, 0.1) is 5.75 Å². The van der Waals surface area contributed by atoms with Crippen LogP contribution in [0.1, 0.15) is 50.9 Å². The highest BCUT2D eigenvalue weighted by Crippen LogP contribution is 2.39. The predicted molar refractivity (Wildman–Crippen MR) is 79.7 cm³/mol. The highest BCUT2D eigenvalue weighted by molar-refractivity contribution is 7.99. The fourth-order valence-electron chi connectivity index (χ4n) is 1.69. The third kappa shape index (κ3) is 4.10. The summed E-state index contributed by atoms with van der Waals surface area (Å²) < 4.78 is 5.29. The molecule has 0 aliphatic heterocycles. The number of hydrogen-bond donors (Lipinski definition) is 1. The summed E-state index contributed by atoms with van der Waals surface area (Å²) >= 11 is 1.36. The normalized spacial score (nSPS) is 15.2. The van der Waals surface area contributed by atoms with Crippen LogP contribution in [0.3, 0.4) is 0 Å². The number of rotatable bonds is 4. The maximum absolute atomic E-state index is 11.7. The summed E-state index contributed by atoms with van der Waals surface area (Å²) in [5.74, 6) is 1.75. The molecule has 5 nitrogen and oxygen atoms in total. The standard InChI is InChI=1S/C14H21N3O2S/c1-8-11(15)16-12(9-5-6-9)17-13(8)20-7-10(18)19-14(2,3)4/h9H,5-7H2,1-4H3,(H2,15,16,17). The number of carbonyl (C=O) groups excluding carboxylic acids is 1. The minimum Gasteiger partial charge on any atom is -0.459 e. The summed E-state index contributed by atoms with van der Waals surface area (Å²) in [5, 5.41) is 0.783. The van der Waals surface area contributed by atoms with Crippen LogP contribution < -0.4 is 5.73 Å². The van der Waals surface area contributed by atoms with E-state index in [0.717, 1.165) is 29.3 Å². The Hall–Kier alpha value is -1.30. The lowest BCUT2D eigenvalue weighted by atomic mass is 10.2. The van der Waals surface area contributed by atoms with Crippen LogP contribution >= 0.6 is 11.8 Å². The van der Waals surface area contributed by atoms with Gasteiger partial charge in [-0.3, -0.25) is 4.79 Å². The molecule has 0 amide bonds. The van der Waals surface area contributed by atoms with Gasteiger partial charge in [-0.25, -0.2) is 9.97 Å². The highest BCUT2D eigenvalue weighted by Gasteiger charge is 2.28. The molecule has 0 aromatic carbocycles. The van der Waals surface area contributed by atoms with Crippen molar-refractivity contribution in [3.05, 3.63) is 11.4 Å². The van der Waals surface area contributed by atoms with Gasteiger partial charge in [0, 0.05) is 11.5 Å². The van der Waals surface area contributed by atoms with Gasteiger partial charge in [0.15, 0.2) is 0 Å². The van der Waals surface area contributed by atoms with Gasteiger partial charge in [-0.15, -0.1) is 0 Å². The summed E-state index contributed by atoms with van der Waals surface area (Å²) in [6, 6.07) is 0. The van der Waals surface area contributed by atoms with E-state index in [1.165, 1.54) is 11.8 Å². The SMILES string of the molecule is Cc1c(N)nc(C2CC2)nc1SCC(=O)OC(C)(C)C. The Morgan fingerprint density at radius 1 is 1.40 bits per heavy atom. The second-order valence-corrected chi connectivity index (χ2v) is 7.01. The third-order valence-electron chi connectivity index (χ3n) is 2.85. The van der Waals surface area contributed by atoms with E-state index in [4.69, 9.17) is 10.5 Å². The van der Waals surface area contributed by atoms with Crippen molar-refractivity contribution in [2.75, 3.05) is 11.5 Å². The molecule has 1 aliphatic carbocycles. The number of carbonyl (C=O) groups is 1. The van der Waals surface area contributed by atoms with Crippen LogP contribution in [-0.2, 0) is 9.53 Å². The summed E-state index contributed by atoms with van der Waals surface area (Å²) in [4.78, 5) is 20.6. The molecule has 2 rings (SSSR count). The van der Waals surface area contributed by atoms with E-state index in [1.54, 1.807) is 0 Å². The summed E-state index contributed by atoms with van der Waals surface area (Å²) in [5.41, 5.74) is 6.29. The van der Waals surface area contributed by atoms with E-state index >= 15 is 0 Å². The van der Waals surface area contributed by atoms with Crippen LogP contribution in [0.4, 0.5) is 5.82 Å². The van der Waals surface area contributed by atoms with Crippen molar-refractivity contribution in [3.63, 3.8) is 0 Å². The lowest BCUT2D eigenvalue weighted by Crippen LogP contribution is -2.25. The Morgan fingerprint density at radius 2 is 2.05 bits per heavy atom. The van der Waals surface area contributed by atoms with E-state index in [9.17, 15) is 4.79 Å². The number of aromatic nitrogens is 2. The number of thioether (sulfide) groups is 1. The van der Waals surface area contributed by atoms with Gasteiger partial charge in [-0.05, 0) is 40.5 Å². The topological polar surface area (TPSA) is 78.1 Å². The molecule has 110 valence electrons. The molecule has 0 bridgehead atoms. The Balaban J connectivity index is 2.03. The molecule has 1 heterocycles. The lowest BCUT2D eigenvalue weighted by Gasteiger charge is -2.19. The minimum atomic E-state index is -0.462. The molecule has 6 heteroatoms. The number of esters is 1. The van der Waals surface area contributed by atoms with Crippen LogP contribution in [0, 0.1) is 6.92 Å². The van der Waals surface area contributed by atoms with Crippen LogP contribution in [-0.4, -0.2) is 27.3 Å². The van der Waals surface area contributed by atoms with E-state index in [2.05, 4.69) is 9.97 Å². The molecule has 0 saturated heterocycles. The molecule has 1 fully saturated rings. The second-order valence-electron chi connectivity index (χ2n) is 6.05. The van der Waals surface area contributed by atoms with Crippen molar-refractivity contribution in [1.29, 1.82) is 0 Å². The van der Waals surface area contributed by atoms with Gasteiger partial charge in [0.25, 0.3) is 0 Å². The lowest BCUT2D eigenvalue weighted by molar-refractivity contribution is -0.151. The van der Waals surface area contributed by atoms with Crippen molar-refractivity contribution < 1.29 is 9.53 Å². The van der Waals surface area contributed by atoms with E-state index < -0.39 is 5.60 Å². The van der Waals surface area contributed by atoms with E-state index in [1.807, 2.05) is 27.7 Å². The fourth-order valence-corrected chi connectivity index (χ4v) is 2.49. The van der Waals surface area contributed by atoms with Gasteiger partial charge in [-0.1, -0.05) is 11.8 Å². The Bertz CT molecular complexity index is 522. The van der Waals surface area contributed by atoms with Gasteiger partial charge >= 0.3 is 5.97 Å². The molecule has 0 radical (unpaired) electrons. The first-order valence-corrected chi connectivity index (χ1v) is 7.73. The zero-order valence-electron chi connectivity index (χ0n) is 12.4. The molecule has 0 unspecified atom stereocenters. The number of nitrogen functional groups attached to an aromatic ring is 1. The first kappa shape index (κ1) is 15.1. The maximum Gasteiger partial charge on any atom is 0.316 e. The van der Waals surface area contributed by atoms with Gasteiger partial charge in [0.1, 0.15) is 22.3 Å². The van der Waals surface area contributed by atoms with Crippen molar-refractivity contribution >= 4 is 23.5 Å². The summed E-state index contributed by atoms with van der Waals surface area (Å²) in [7, 11) is 0. The third-order valence-corrected chi connectivity index (χ3v) is 3.90. The van der Waals surface area contributed by atoms with Crippen molar-refractivity contribution in [2.24, 2.45) is 0 Å². The Morgan fingerprint density at radius 3 is 2.60 bits per heavy atom. The van der Waals surface area contributed by atoms with Crippen LogP contribution in [0.25, 0.3) is 0 Å². The zero-order chi connectivity index (χ0) is 14.9. The monoisotopic (exact) mass is 295 g/mol. The van der Waals surface area contributed by atoms with E-state index in [0.29, 0.717) is 11.7 Å².